The van der Waals surface area contributed by atoms with Crippen LogP contribution in [-0.2, 0) is 5.41 Å². The lowest BCUT2D eigenvalue weighted by atomic mass is 9.86. The lowest BCUT2D eigenvalue weighted by Crippen LogP contribution is -2.13. The van der Waals surface area contributed by atoms with Gasteiger partial charge in [0.25, 0.3) is 0 Å². The quantitative estimate of drug-likeness (QED) is 0.375. The summed E-state index contributed by atoms with van der Waals surface area (Å²) in [5.41, 5.74) is 5.87. The van der Waals surface area contributed by atoms with Crippen LogP contribution in [0.25, 0.3) is 27.6 Å². The van der Waals surface area contributed by atoms with E-state index in [1.165, 1.54) is 0 Å². The maximum absolute atomic E-state index is 9.42. The highest BCUT2D eigenvalue weighted by Crippen LogP contribution is 2.28. The van der Waals surface area contributed by atoms with Crippen LogP contribution in [0.2, 0.25) is 0 Å². The van der Waals surface area contributed by atoms with Crippen molar-refractivity contribution in [1.29, 1.82) is 5.26 Å². The van der Waals surface area contributed by atoms with E-state index in [1.807, 2.05) is 68.7 Å². The molecule has 2 aromatic carbocycles. The highest BCUT2D eigenvalue weighted by Gasteiger charge is 2.19. The van der Waals surface area contributed by atoms with Crippen molar-refractivity contribution < 1.29 is 0 Å². The number of aromatic nitrogens is 4. The number of hydrogen-bond donors (Lipinski definition) is 0. The third-order valence-electron chi connectivity index (χ3n) is 5.53. The fraction of sp³-hybridized carbons (Fsp3) is 0.111. The summed E-state index contributed by atoms with van der Waals surface area (Å²) in [6.07, 6.45) is 7.09. The minimum absolute atomic E-state index is 0.534. The number of fused-ring (bicyclic) bond motifs is 3. The zero-order chi connectivity index (χ0) is 22.1. The fourth-order valence-corrected chi connectivity index (χ4v) is 3.65. The zero-order valence-electron chi connectivity index (χ0n) is 17.7. The predicted octanol–water partition coefficient (Wildman–Crippen LogP) is 5.17. The van der Waals surface area contributed by atoms with Crippen molar-refractivity contribution in [2.24, 2.45) is 0 Å². The molecule has 5 heteroatoms. The van der Waals surface area contributed by atoms with Gasteiger partial charge >= 0.3 is 0 Å². The number of hydrogen-bond acceptors (Lipinski definition) is 4. The van der Waals surface area contributed by atoms with Crippen LogP contribution >= 0.6 is 0 Å². The Balaban J connectivity index is 1.63. The normalized spacial score (nSPS) is 11.2. The Morgan fingerprint density at radius 2 is 1.69 bits per heavy atom. The summed E-state index contributed by atoms with van der Waals surface area (Å²) >= 11 is 0. The Labute approximate surface area is 186 Å². The van der Waals surface area contributed by atoms with Gasteiger partial charge in [-0.3, -0.25) is 14.5 Å². The van der Waals surface area contributed by atoms with Crippen LogP contribution in [0.15, 0.2) is 79.5 Å². The van der Waals surface area contributed by atoms with Gasteiger partial charge in [-0.1, -0.05) is 24.0 Å². The van der Waals surface area contributed by atoms with E-state index in [9.17, 15) is 5.26 Å². The Kier molecular flexibility index (Phi) is 4.66. The zero-order valence-corrected chi connectivity index (χ0v) is 17.7. The van der Waals surface area contributed by atoms with E-state index in [-0.39, 0.29) is 0 Å². The van der Waals surface area contributed by atoms with E-state index in [2.05, 4.69) is 43.5 Å². The standard InChI is InChI=1S/C27H19N5/c1-27(2,17-28)21-8-10-22(11-9-21)32-18-31-25-16-30-24-12-7-19(14-23(24)26(25)32)5-6-20-4-3-13-29-15-20/h3-4,7-16,18H,1-2H3. The Hall–Kier alpha value is -4.48. The van der Waals surface area contributed by atoms with Gasteiger partial charge in [0, 0.05) is 34.6 Å². The van der Waals surface area contributed by atoms with E-state index in [4.69, 9.17) is 0 Å². The van der Waals surface area contributed by atoms with Gasteiger partial charge < -0.3 is 0 Å². The molecule has 0 saturated heterocycles. The number of nitrogens with zero attached hydrogens (tertiary/aromatic N) is 5. The van der Waals surface area contributed by atoms with E-state index < -0.39 is 5.41 Å². The van der Waals surface area contributed by atoms with Gasteiger partial charge in [0.15, 0.2) is 0 Å². The summed E-state index contributed by atoms with van der Waals surface area (Å²) in [5.74, 6) is 6.38. The second-order valence-electron chi connectivity index (χ2n) is 8.11. The number of rotatable bonds is 2. The lowest BCUT2D eigenvalue weighted by molar-refractivity contribution is 0.686. The summed E-state index contributed by atoms with van der Waals surface area (Å²) in [7, 11) is 0. The van der Waals surface area contributed by atoms with Crippen LogP contribution < -0.4 is 0 Å². The molecule has 5 aromatic rings. The predicted molar refractivity (Wildman–Crippen MR) is 125 cm³/mol. The largest absolute Gasteiger partial charge is 0.298 e. The monoisotopic (exact) mass is 413 g/mol. The lowest BCUT2D eigenvalue weighted by Gasteiger charge is -2.16. The number of benzene rings is 2. The molecule has 0 atom stereocenters. The first kappa shape index (κ1) is 19.5. The highest BCUT2D eigenvalue weighted by molar-refractivity contribution is 6.03. The van der Waals surface area contributed by atoms with E-state index in [1.54, 1.807) is 18.6 Å². The SMILES string of the molecule is CC(C)(C#N)c1ccc(-n2cnc3cnc4ccc(C#Cc5cccnc5)cc4c32)cc1. The molecule has 0 spiro atoms. The second kappa shape index (κ2) is 7.65. The van der Waals surface area contributed by atoms with Gasteiger partial charge in [-0.05, 0) is 61.9 Å². The van der Waals surface area contributed by atoms with Crippen molar-refractivity contribution in [3.8, 4) is 23.6 Å². The van der Waals surface area contributed by atoms with Gasteiger partial charge in [-0.25, -0.2) is 4.98 Å². The third kappa shape index (κ3) is 3.47. The smallest absolute Gasteiger partial charge is 0.108 e. The van der Waals surface area contributed by atoms with Crippen LogP contribution in [-0.4, -0.2) is 19.5 Å². The molecule has 0 aliphatic carbocycles. The Morgan fingerprint density at radius 3 is 2.44 bits per heavy atom. The molecule has 0 fully saturated rings. The highest BCUT2D eigenvalue weighted by atomic mass is 15.1. The first-order valence-corrected chi connectivity index (χ1v) is 10.3. The summed E-state index contributed by atoms with van der Waals surface area (Å²) < 4.78 is 2.06. The maximum Gasteiger partial charge on any atom is 0.108 e. The minimum Gasteiger partial charge on any atom is -0.298 e. The van der Waals surface area contributed by atoms with Crippen molar-refractivity contribution in [3.05, 3.63) is 96.2 Å². The molecule has 0 N–H and O–H groups in total. The average molecular weight is 413 g/mol. The summed E-state index contributed by atoms with van der Waals surface area (Å²) in [5, 5.41) is 10.4. The van der Waals surface area contributed by atoms with Gasteiger partial charge in [0.2, 0.25) is 0 Å². The molecule has 0 aliphatic heterocycles. The number of nitriles is 1. The topological polar surface area (TPSA) is 67.4 Å². The molecular formula is C27H19N5. The van der Waals surface area contributed by atoms with E-state index in [0.717, 1.165) is 44.3 Å². The van der Waals surface area contributed by atoms with Crippen molar-refractivity contribution >= 4 is 21.9 Å². The summed E-state index contributed by atoms with van der Waals surface area (Å²) in [4.78, 5) is 13.2. The van der Waals surface area contributed by atoms with Crippen LogP contribution in [0.5, 0.6) is 0 Å². The van der Waals surface area contributed by atoms with Crippen LogP contribution in [0.3, 0.4) is 0 Å². The van der Waals surface area contributed by atoms with E-state index in [0.29, 0.717) is 0 Å². The van der Waals surface area contributed by atoms with Crippen LogP contribution in [0.4, 0.5) is 0 Å². The van der Waals surface area contributed by atoms with Gasteiger partial charge in [0.1, 0.15) is 11.8 Å². The molecule has 0 radical (unpaired) electrons. The molecule has 152 valence electrons. The first-order chi connectivity index (χ1) is 15.5. The molecule has 3 heterocycles. The molecule has 0 amide bonds. The molecule has 0 unspecified atom stereocenters. The molecule has 32 heavy (non-hydrogen) atoms. The molecule has 5 nitrogen and oxygen atoms in total. The molecule has 0 saturated carbocycles. The van der Waals surface area contributed by atoms with Crippen molar-refractivity contribution in [2.75, 3.05) is 0 Å². The molecule has 5 rings (SSSR count). The Morgan fingerprint density at radius 1 is 0.875 bits per heavy atom. The van der Waals surface area contributed by atoms with Crippen molar-refractivity contribution in [1.82, 2.24) is 19.5 Å². The molecule has 0 aliphatic rings. The first-order valence-electron chi connectivity index (χ1n) is 10.3. The molecular weight excluding hydrogens is 394 g/mol. The average Bonchev–Trinajstić information content (AvgIpc) is 3.28. The maximum atomic E-state index is 9.42. The fourth-order valence-electron chi connectivity index (χ4n) is 3.65. The van der Waals surface area contributed by atoms with Crippen LogP contribution in [0, 0.1) is 23.2 Å². The molecule has 3 aromatic heterocycles. The Bertz CT molecular complexity index is 1540. The van der Waals surface area contributed by atoms with E-state index >= 15 is 0 Å². The minimum atomic E-state index is -0.534. The summed E-state index contributed by atoms with van der Waals surface area (Å²) in [6.45, 7) is 3.84. The van der Waals surface area contributed by atoms with Crippen molar-refractivity contribution in [3.63, 3.8) is 0 Å². The van der Waals surface area contributed by atoms with Gasteiger partial charge in [-0.2, -0.15) is 5.26 Å². The number of imidazole rings is 1. The molecule has 0 bridgehead atoms. The van der Waals surface area contributed by atoms with Gasteiger partial charge in [-0.15, -0.1) is 0 Å². The number of pyridine rings is 2. The van der Waals surface area contributed by atoms with Gasteiger partial charge in [0.05, 0.1) is 28.7 Å². The second-order valence-corrected chi connectivity index (χ2v) is 8.11. The summed E-state index contributed by atoms with van der Waals surface area (Å²) in [6, 6.07) is 20.2. The third-order valence-corrected chi connectivity index (χ3v) is 5.53. The van der Waals surface area contributed by atoms with Crippen LogP contribution in [0.1, 0.15) is 30.5 Å². The van der Waals surface area contributed by atoms with Crippen molar-refractivity contribution in [2.45, 2.75) is 19.3 Å².